The third-order valence-electron chi connectivity index (χ3n) is 4.63. The predicted molar refractivity (Wildman–Crippen MR) is 116 cm³/mol. The maximum Gasteiger partial charge on any atom is 0.416 e. The smallest absolute Gasteiger partial charge is 0.416 e. The lowest BCUT2D eigenvalue weighted by molar-refractivity contribution is -0.137. The van der Waals surface area contributed by atoms with E-state index in [0.717, 1.165) is 12.1 Å². The average Bonchev–Trinajstić information content (AvgIpc) is 3.43. The molecule has 0 radical (unpaired) electrons. The van der Waals surface area contributed by atoms with Crippen LogP contribution in [0, 0.1) is 18.8 Å². The Morgan fingerprint density at radius 1 is 1.24 bits per heavy atom. The highest BCUT2D eigenvalue weighted by molar-refractivity contribution is 7.09. The minimum absolute atomic E-state index is 0.0386. The summed E-state index contributed by atoms with van der Waals surface area (Å²) in [6, 6.07) is 7.07. The zero-order valence-electron chi connectivity index (χ0n) is 17.1. The number of alkyl halides is 3. The predicted octanol–water partition coefficient (Wildman–Crippen LogP) is 4.88. The Hall–Kier alpha value is -3.97. The molecule has 0 aliphatic rings. The second-order valence-corrected chi connectivity index (χ2v) is 7.98. The van der Waals surface area contributed by atoms with Crippen LogP contribution in [-0.2, 0) is 12.7 Å². The van der Waals surface area contributed by atoms with Crippen LogP contribution in [0.4, 0.5) is 13.2 Å². The van der Waals surface area contributed by atoms with Gasteiger partial charge in [-0.25, -0.2) is 9.78 Å². The highest BCUT2D eigenvalue weighted by atomic mass is 32.1. The fraction of sp³-hybridized carbons (Fsp3) is 0.130. The van der Waals surface area contributed by atoms with Gasteiger partial charge in [-0.15, -0.1) is 11.3 Å². The number of rotatable bonds is 4. The van der Waals surface area contributed by atoms with Crippen LogP contribution in [0.25, 0.3) is 11.3 Å². The molecular weight excluding hydrogens is 453 g/mol. The van der Waals surface area contributed by atoms with Crippen molar-refractivity contribution in [1.82, 2.24) is 19.7 Å². The average molecular weight is 468 g/mol. The Balaban J connectivity index is 1.67. The zero-order chi connectivity index (χ0) is 23.6. The summed E-state index contributed by atoms with van der Waals surface area (Å²) in [5, 5.41) is 15.2. The van der Waals surface area contributed by atoms with E-state index >= 15 is 0 Å². The van der Waals surface area contributed by atoms with E-state index in [-0.39, 0.29) is 23.2 Å². The number of thiazole rings is 1. The molecule has 0 bridgehead atoms. The molecule has 0 atom stereocenters. The number of carboxylic acids is 1. The molecule has 4 aromatic rings. The first-order valence-electron chi connectivity index (χ1n) is 9.55. The van der Waals surface area contributed by atoms with Gasteiger partial charge in [0.15, 0.2) is 0 Å². The molecule has 4 rings (SSSR count). The standard InChI is InChI=1S/C23H15F3N4O2S/c1-14-16(3-2-6-27-14)5-4-15-7-17(9-19(8-15)23(24,25)26)20-13-33-21(29-20)12-30-11-18(10-28-30)22(31)32/h2-3,6-11,13H,12H2,1H3,(H,31,32). The Morgan fingerprint density at radius 2 is 2.06 bits per heavy atom. The Morgan fingerprint density at radius 3 is 2.76 bits per heavy atom. The summed E-state index contributed by atoms with van der Waals surface area (Å²) in [6.45, 7) is 1.97. The minimum Gasteiger partial charge on any atom is -0.478 e. The number of hydrogen-bond donors (Lipinski definition) is 1. The molecule has 166 valence electrons. The van der Waals surface area contributed by atoms with Crippen LogP contribution in [0.1, 0.15) is 37.7 Å². The Bertz CT molecular complexity index is 1400. The van der Waals surface area contributed by atoms with Gasteiger partial charge in [-0.05, 0) is 37.3 Å². The highest BCUT2D eigenvalue weighted by Crippen LogP contribution is 2.34. The maximum atomic E-state index is 13.5. The Labute approximate surface area is 190 Å². The van der Waals surface area contributed by atoms with Crippen molar-refractivity contribution in [3.8, 4) is 23.1 Å². The summed E-state index contributed by atoms with van der Waals surface area (Å²) >= 11 is 1.24. The van der Waals surface area contributed by atoms with Crippen LogP contribution < -0.4 is 0 Å². The van der Waals surface area contributed by atoms with Crippen molar-refractivity contribution in [2.24, 2.45) is 0 Å². The number of carbonyl (C=O) groups is 1. The third kappa shape index (κ3) is 5.27. The summed E-state index contributed by atoms with van der Waals surface area (Å²) in [5.74, 6) is 4.58. The number of hydrogen-bond acceptors (Lipinski definition) is 5. The molecule has 3 heterocycles. The van der Waals surface area contributed by atoms with E-state index in [1.165, 1.54) is 28.4 Å². The van der Waals surface area contributed by atoms with Gasteiger partial charge in [-0.1, -0.05) is 11.8 Å². The summed E-state index contributed by atoms with van der Waals surface area (Å²) in [6.07, 6.45) is -0.341. The molecule has 0 saturated carbocycles. The van der Waals surface area contributed by atoms with E-state index in [0.29, 0.717) is 22.0 Å². The van der Waals surface area contributed by atoms with Crippen molar-refractivity contribution in [3.05, 3.63) is 87.3 Å². The molecule has 0 aliphatic heterocycles. The topological polar surface area (TPSA) is 80.9 Å². The quantitative estimate of drug-likeness (QED) is 0.432. The number of aromatic carboxylic acids is 1. The van der Waals surface area contributed by atoms with E-state index in [1.807, 2.05) is 0 Å². The van der Waals surface area contributed by atoms with Crippen molar-refractivity contribution in [3.63, 3.8) is 0 Å². The van der Waals surface area contributed by atoms with Crippen molar-refractivity contribution in [1.29, 1.82) is 0 Å². The molecular formula is C23H15F3N4O2S. The summed E-state index contributed by atoms with van der Waals surface area (Å²) < 4.78 is 42.0. The normalized spacial score (nSPS) is 11.2. The van der Waals surface area contributed by atoms with Crippen LogP contribution in [0.5, 0.6) is 0 Å². The number of carboxylic acid groups (broad SMARTS) is 1. The number of benzene rings is 1. The van der Waals surface area contributed by atoms with Crippen LogP contribution in [0.15, 0.2) is 54.3 Å². The molecule has 3 aromatic heterocycles. The van der Waals surface area contributed by atoms with Crippen molar-refractivity contribution in [2.45, 2.75) is 19.6 Å². The third-order valence-corrected chi connectivity index (χ3v) is 5.47. The minimum atomic E-state index is -4.54. The molecule has 33 heavy (non-hydrogen) atoms. The SMILES string of the molecule is Cc1ncccc1C#Cc1cc(-c2csc(Cn3cc(C(=O)O)cn3)n2)cc(C(F)(F)F)c1. The number of halogens is 3. The maximum absolute atomic E-state index is 13.5. The molecule has 0 fully saturated rings. The molecule has 1 N–H and O–H groups in total. The van der Waals surface area contributed by atoms with Crippen molar-refractivity contribution in [2.75, 3.05) is 0 Å². The second-order valence-electron chi connectivity index (χ2n) is 7.04. The fourth-order valence-electron chi connectivity index (χ4n) is 2.98. The molecule has 0 aliphatic carbocycles. The first-order chi connectivity index (χ1) is 15.7. The molecule has 0 unspecified atom stereocenters. The number of aromatic nitrogens is 4. The number of nitrogens with zero attached hydrogens (tertiary/aromatic N) is 4. The van der Waals surface area contributed by atoms with E-state index in [1.54, 1.807) is 36.7 Å². The van der Waals surface area contributed by atoms with Gasteiger partial charge in [0.2, 0.25) is 0 Å². The number of aryl methyl sites for hydroxylation is 1. The summed E-state index contributed by atoms with van der Waals surface area (Å²) in [5.41, 5.74) is 1.39. The van der Waals surface area contributed by atoms with Crippen LogP contribution in [-0.4, -0.2) is 30.8 Å². The van der Waals surface area contributed by atoms with E-state index < -0.39 is 17.7 Å². The monoisotopic (exact) mass is 468 g/mol. The van der Waals surface area contributed by atoms with E-state index in [9.17, 15) is 18.0 Å². The molecule has 0 saturated heterocycles. The lowest BCUT2D eigenvalue weighted by atomic mass is 10.0. The largest absolute Gasteiger partial charge is 0.478 e. The summed E-state index contributed by atoms with van der Waals surface area (Å²) in [7, 11) is 0. The second kappa shape index (κ2) is 8.88. The van der Waals surface area contributed by atoms with Gasteiger partial charge in [0, 0.05) is 34.5 Å². The van der Waals surface area contributed by atoms with E-state index in [4.69, 9.17) is 5.11 Å². The fourth-order valence-corrected chi connectivity index (χ4v) is 3.78. The van der Waals surface area contributed by atoms with Gasteiger partial charge in [0.1, 0.15) is 5.01 Å². The van der Waals surface area contributed by atoms with Gasteiger partial charge < -0.3 is 5.11 Å². The van der Waals surface area contributed by atoms with Crippen molar-refractivity contribution < 1.29 is 23.1 Å². The molecule has 10 heteroatoms. The first-order valence-corrected chi connectivity index (χ1v) is 10.4. The van der Waals surface area contributed by atoms with Gasteiger partial charge in [-0.3, -0.25) is 9.67 Å². The van der Waals surface area contributed by atoms with Crippen LogP contribution >= 0.6 is 11.3 Å². The number of pyridine rings is 1. The van der Waals surface area contributed by atoms with Crippen LogP contribution in [0.2, 0.25) is 0 Å². The van der Waals surface area contributed by atoms with Gasteiger partial charge in [0.05, 0.1) is 35.3 Å². The Kier molecular flexibility index (Phi) is 5.98. The van der Waals surface area contributed by atoms with Gasteiger partial charge in [-0.2, -0.15) is 18.3 Å². The zero-order valence-corrected chi connectivity index (χ0v) is 17.9. The van der Waals surface area contributed by atoms with Gasteiger partial charge >= 0.3 is 12.1 Å². The van der Waals surface area contributed by atoms with Crippen molar-refractivity contribution >= 4 is 17.3 Å². The summed E-state index contributed by atoms with van der Waals surface area (Å²) in [4.78, 5) is 19.5. The molecule has 0 spiro atoms. The highest BCUT2D eigenvalue weighted by Gasteiger charge is 2.31. The lowest BCUT2D eigenvalue weighted by Crippen LogP contribution is -2.05. The molecule has 0 amide bonds. The first kappa shape index (κ1) is 22.2. The van der Waals surface area contributed by atoms with Crippen LogP contribution in [0.3, 0.4) is 0 Å². The lowest BCUT2D eigenvalue weighted by Gasteiger charge is -2.09. The van der Waals surface area contributed by atoms with Gasteiger partial charge in [0.25, 0.3) is 0 Å². The molecule has 6 nitrogen and oxygen atoms in total. The molecule has 1 aromatic carbocycles. The van der Waals surface area contributed by atoms with E-state index in [2.05, 4.69) is 26.9 Å².